The SMILES string of the molecule is I.O=S1(=O)CCC(CN=C(NCC2CCCO2)N2CCC3(CCCCC3)C2)C1. The van der Waals surface area contributed by atoms with Crippen LogP contribution < -0.4 is 5.32 Å². The van der Waals surface area contributed by atoms with Crippen molar-refractivity contribution < 1.29 is 13.2 Å². The molecule has 0 aromatic rings. The Morgan fingerprint density at radius 2 is 1.96 bits per heavy atom. The highest BCUT2D eigenvalue weighted by atomic mass is 127. The Morgan fingerprint density at radius 3 is 2.64 bits per heavy atom. The third-order valence-corrected chi connectivity index (χ3v) is 8.83. The number of guanidine groups is 1. The first-order chi connectivity index (χ1) is 13.0. The minimum Gasteiger partial charge on any atom is -0.376 e. The van der Waals surface area contributed by atoms with Crippen LogP contribution in [0.5, 0.6) is 0 Å². The number of nitrogens with one attached hydrogen (secondary N) is 1. The van der Waals surface area contributed by atoms with E-state index in [1.807, 2.05) is 0 Å². The van der Waals surface area contributed by atoms with Crippen LogP contribution in [0.2, 0.25) is 0 Å². The Labute approximate surface area is 187 Å². The van der Waals surface area contributed by atoms with Gasteiger partial charge >= 0.3 is 0 Å². The molecule has 6 nitrogen and oxygen atoms in total. The molecule has 0 aromatic carbocycles. The molecule has 1 aliphatic carbocycles. The van der Waals surface area contributed by atoms with E-state index in [1.54, 1.807) is 0 Å². The second kappa shape index (κ2) is 9.81. The maximum Gasteiger partial charge on any atom is 0.194 e. The minimum absolute atomic E-state index is 0. The van der Waals surface area contributed by atoms with Gasteiger partial charge in [-0.3, -0.25) is 4.99 Å². The van der Waals surface area contributed by atoms with Crippen molar-refractivity contribution in [1.29, 1.82) is 0 Å². The van der Waals surface area contributed by atoms with E-state index in [9.17, 15) is 8.42 Å². The Balaban J connectivity index is 0.00000225. The largest absolute Gasteiger partial charge is 0.376 e. The van der Waals surface area contributed by atoms with Crippen molar-refractivity contribution in [3.05, 3.63) is 0 Å². The number of halogens is 1. The molecule has 162 valence electrons. The fraction of sp³-hybridized carbons (Fsp3) is 0.950. The van der Waals surface area contributed by atoms with Crippen LogP contribution in [-0.4, -0.2) is 69.7 Å². The summed E-state index contributed by atoms with van der Waals surface area (Å²) in [6.07, 6.45) is 11.4. The monoisotopic (exact) mass is 525 g/mol. The second-order valence-corrected chi connectivity index (χ2v) is 11.4. The molecular weight excluding hydrogens is 489 g/mol. The highest BCUT2D eigenvalue weighted by molar-refractivity contribution is 14.0. The van der Waals surface area contributed by atoms with Crippen molar-refractivity contribution in [1.82, 2.24) is 10.2 Å². The molecule has 3 heterocycles. The number of rotatable bonds is 4. The first kappa shape index (κ1) is 22.6. The van der Waals surface area contributed by atoms with Crippen LogP contribution >= 0.6 is 24.0 Å². The molecule has 4 fully saturated rings. The molecule has 1 saturated carbocycles. The van der Waals surface area contributed by atoms with Crippen LogP contribution in [0.4, 0.5) is 0 Å². The topological polar surface area (TPSA) is 71.0 Å². The average Bonchev–Trinajstić information content (AvgIpc) is 3.37. The number of aliphatic imine (C=N–C) groups is 1. The summed E-state index contributed by atoms with van der Waals surface area (Å²) in [4.78, 5) is 7.34. The van der Waals surface area contributed by atoms with Crippen molar-refractivity contribution in [3.8, 4) is 0 Å². The van der Waals surface area contributed by atoms with Crippen molar-refractivity contribution in [2.75, 3.05) is 44.3 Å². The molecule has 0 radical (unpaired) electrons. The smallest absolute Gasteiger partial charge is 0.194 e. The van der Waals surface area contributed by atoms with Gasteiger partial charge in [0.25, 0.3) is 0 Å². The third kappa shape index (κ3) is 5.74. The normalized spacial score (nSPS) is 31.9. The van der Waals surface area contributed by atoms with Gasteiger partial charge in [-0.2, -0.15) is 0 Å². The molecule has 0 amide bonds. The zero-order valence-corrected chi connectivity index (χ0v) is 20.1. The Hall–Kier alpha value is -0.0900. The van der Waals surface area contributed by atoms with Gasteiger partial charge in [-0.05, 0) is 49.9 Å². The van der Waals surface area contributed by atoms with E-state index in [0.717, 1.165) is 51.5 Å². The minimum atomic E-state index is -2.83. The van der Waals surface area contributed by atoms with Crippen LogP contribution in [-0.2, 0) is 14.6 Å². The fourth-order valence-electron chi connectivity index (χ4n) is 5.34. The lowest BCUT2D eigenvalue weighted by Gasteiger charge is -2.34. The molecule has 2 unspecified atom stereocenters. The number of ether oxygens (including phenoxy) is 1. The molecule has 0 bridgehead atoms. The highest BCUT2D eigenvalue weighted by Gasteiger charge is 2.40. The van der Waals surface area contributed by atoms with Crippen molar-refractivity contribution in [3.63, 3.8) is 0 Å². The summed E-state index contributed by atoms with van der Waals surface area (Å²) in [7, 11) is -2.83. The summed E-state index contributed by atoms with van der Waals surface area (Å²) in [6, 6.07) is 0. The van der Waals surface area contributed by atoms with Crippen molar-refractivity contribution >= 4 is 39.8 Å². The third-order valence-electron chi connectivity index (χ3n) is 6.99. The summed E-state index contributed by atoms with van der Waals surface area (Å²) >= 11 is 0. The van der Waals surface area contributed by atoms with E-state index < -0.39 is 9.84 Å². The highest BCUT2D eigenvalue weighted by Crippen LogP contribution is 2.43. The lowest BCUT2D eigenvalue weighted by Crippen LogP contribution is -2.44. The predicted molar refractivity (Wildman–Crippen MR) is 123 cm³/mol. The number of nitrogens with zero attached hydrogens (tertiary/aromatic N) is 2. The van der Waals surface area contributed by atoms with E-state index in [0.29, 0.717) is 23.5 Å². The zero-order chi connectivity index (χ0) is 18.7. The molecule has 3 saturated heterocycles. The molecule has 1 spiro atoms. The molecule has 28 heavy (non-hydrogen) atoms. The molecule has 4 rings (SSSR count). The first-order valence-electron chi connectivity index (χ1n) is 10.9. The van der Waals surface area contributed by atoms with E-state index in [4.69, 9.17) is 9.73 Å². The van der Waals surface area contributed by atoms with Crippen LogP contribution in [0.25, 0.3) is 0 Å². The lowest BCUT2D eigenvalue weighted by atomic mass is 9.73. The molecule has 2 atom stereocenters. The summed E-state index contributed by atoms with van der Waals surface area (Å²) in [5.74, 6) is 1.80. The maximum atomic E-state index is 11.8. The quantitative estimate of drug-likeness (QED) is 0.347. The van der Waals surface area contributed by atoms with Gasteiger partial charge in [0.1, 0.15) is 0 Å². The Bertz CT molecular complexity index is 643. The molecule has 3 aliphatic heterocycles. The maximum absolute atomic E-state index is 11.8. The summed E-state index contributed by atoms with van der Waals surface area (Å²) < 4.78 is 29.3. The predicted octanol–water partition coefficient (Wildman–Crippen LogP) is 2.82. The van der Waals surface area contributed by atoms with E-state index in [1.165, 1.54) is 38.5 Å². The molecular formula is C20H36IN3O3S. The van der Waals surface area contributed by atoms with Gasteiger partial charge in [0.2, 0.25) is 0 Å². The second-order valence-electron chi connectivity index (χ2n) is 9.18. The van der Waals surface area contributed by atoms with Gasteiger partial charge < -0.3 is 15.0 Å². The van der Waals surface area contributed by atoms with Gasteiger partial charge in [-0.25, -0.2) is 8.42 Å². The first-order valence-corrected chi connectivity index (χ1v) is 12.7. The fourth-order valence-corrected chi connectivity index (χ4v) is 7.18. The number of sulfone groups is 1. The van der Waals surface area contributed by atoms with E-state index in [2.05, 4.69) is 10.2 Å². The van der Waals surface area contributed by atoms with E-state index >= 15 is 0 Å². The van der Waals surface area contributed by atoms with Gasteiger partial charge in [0, 0.05) is 32.8 Å². The zero-order valence-electron chi connectivity index (χ0n) is 16.9. The van der Waals surface area contributed by atoms with Crippen molar-refractivity contribution in [2.24, 2.45) is 16.3 Å². The van der Waals surface area contributed by atoms with Crippen LogP contribution in [0.3, 0.4) is 0 Å². The molecule has 4 aliphatic rings. The van der Waals surface area contributed by atoms with Crippen LogP contribution in [0.1, 0.15) is 57.8 Å². The average molecular weight is 525 g/mol. The standard InChI is InChI=1S/C20H35N3O3S.HI/c24-27(25)12-6-17(15-27)13-21-19(22-14-18-5-4-11-26-18)23-10-9-20(16-23)7-2-1-3-8-20;/h17-18H,1-16H2,(H,21,22);1H. The Morgan fingerprint density at radius 1 is 1.14 bits per heavy atom. The number of likely N-dealkylation sites (tertiary alicyclic amines) is 1. The van der Waals surface area contributed by atoms with Crippen LogP contribution in [0, 0.1) is 11.3 Å². The lowest BCUT2D eigenvalue weighted by molar-refractivity contribution is 0.113. The van der Waals surface area contributed by atoms with Crippen LogP contribution in [0.15, 0.2) is 4.99 Å². The summed E-state index contributed by atoms with van der Waals surface area (Å²) in [6.45, 7) is 4.47. The van der Waals surface area contributed by atoms with Gasteiger partial charge in [-0.15, -0.1) is 24.0 Å². The summed E-state index contributed by atoms with van der Waals surface area (Å²) in [5.41, 5.74) is 0.487. The molecule has 1 N–H and O–H groups in total. The Kier molecular flexibility index (Phi) is 7.92. The van der Waals surface area contributed by atoms with Gasteiger partial charge in [0.05, 0.1) is 17.6 Å². The number of hydrogen-bond acceptors (Lipinski definition) is 4. The summed E-state index contributed by atoms with van der Waals surface area (Å²) in [5, 5.41) is 3.57. The number of hydrogen-bond donors (Lipinski definition) is 1. The molecule has 0 aromatic heterocycles. The molecule has 8 heteroatoms. The van der Waals surface area contributed by atoms with Crippen molar-refractivity contribution in [2.45, 2.75) is 63.9 Å². The van der Waals surface area contributed by atoms with E-state index in [-0.39, 0.29) is 36.0 Å². The van der Waals surface area contributed by atoms with Gasteiger partial charge in [0.15, 0.2) is 15.8 Å². The van der Waals surface area contributed by atoms with Gasteiger partial charge in [-0.1, -0.05) is 19.3 Å².